The van der Waals surface area contributed by atoms with Gasteiger partial charge >= 0.3 is 0 Å². The number of carbonyl (C=O) groups is 1. The van der Waals surface area contributed by atoms with Gasteiger partial charge in [-0.3, -0.25) is 14.5 Å². The SMILES string of the molecule is COc1cc(C(=O)N2CCN(CCCOc3c(-c4ccccc4)oc4ccccc4c3=O)CC2)cc(OC)c1OC. The zero-order valence-corrected chi connectivity index (χ0v) is 23.6. The Labute approximate surface area is 238 Å². The fourth-order valence-corrected chi connectivity index (χ4v) is 5.06. The van der Waals surface area contributed by atoms with E-state index < -0.39 is 0 Å². The first-order chi connectivity index (χ1) is 20.0. The number of carbonyl (C=O) groups excluding carboxylic acids is 1. The van der Waals surface area contributed by atoms with Crippen molar-refractivity contribution < 1.29 is 28.2 Å². The summed E-state index contributed by atoms with van der Waals surface area (Å²) in [4.78, 5) is 30.7. The zero-order chi connectivity index (χ0) is 28.8. The fourth-order valence-electron chi connectivity index (χ4n) is 5.06. The van der Waals surface area contributed by atoms with Crippen LogP contribution in [0.5, 0.6) is 23.0 Å². The van der Waals surface area contributed by atoms with Gasteiger partial charge in [0.25, 0.3) is 5.91 Å². The Morgan fingerprint density at radius 1 is 0.829 bits per heavy atom. The van der Waals surface area contributed by atoms with E-state index in [4.69, 9.17) is 23.4 Å². The van der Waals surface area contributed by atoms with Crippen molar-refractivity contribution in [3.05, 3.63) is 82.5 Å². The Morgan fingerprint density at radius 2 is 1.49 bits per heavy atom. The smallest absolute Gasteiger partial charge is 0.254 e. The number of rotatable bonds is 10. The van der Waals surface area contributed by atoms with E-state index in [2.05, 4.69) is 4.90 Å². The van der Waals surface area contributed by atoms with Crippen LogP contribution in [0, 0.1) is 0 Å². The molecule has 0 aliphatic carbocycles. The van der Waals surface area contributed by atoms with Gasteiger partial charge in [-0.05, 0) is 30.7 Å². The minimum atomic E-state index is -0.176. The van der Waals surface area contributed by atoms with Crippen molar-refractivity contribution in [2.45, 2.75) is 6.42 Å². The quantitative estimate of drug-likeness (QED) is 0.259. The summed E-state index contributed by atoms with van der Waals surface area (Å²) >= 11 is 0. The van der Waals surface area contributed by atoms with Crippen LogP contribution in [-0.4, -0.2) is 76.4 Å². The van der Waals surface area contributed by atoms with Crippen LogP contribution in [0.1, 0.15) is 16.8 Å². The van der Waals surface area contributed by atoms with Gasteiger partial charge in [-0.15, -0.1) is 0 Å². The molecule has 1 fully saturated rings. The summed E-state index contributed by atoms with van der Waals surface area (Å²) in [6.45, 7) is 3.83. The van der Waals surface area contributed by atoms with Crippen molar-refractivity contribution in [3.8, 4) is 34.3 Å². The highest BCUT2D eigenvalue weighted by Crippen LogP contribution is 2.38. The van der Waals surface area contributed by atoms with Gasteiger partial charge < -0.3 is 28.3 Å². The van der Waals surface area contributed by atoms with E-state index in [0.717, 1.165) is 31.6 Å². The van der Waals surface area contributed by atoms with Gasteiger partial charge in [-0.2, -0.15) is 0 Å². The third kappa shape index (κ3) is 6.00. The predicted octanol–water partition coefficient (Wildman–Crippen LogP) is 4.71. The lowest BCUT2D eigenvalue weighted by atomic mass is 10.1. The molecule has 0 bridgehead atoms. The lowest BCUT2D eigenvalue weighted by molar-refractivity contribution is 0.0630. The molecule has 1 aliphatic rings. The molecule has 0 N–H and O–H groups in total. The highest BCUT2D eigenvalue weighted by Gasteiger charge is 2.25. The van der Waals surface area contributed by atoms with Crippen LogP contribution in [0.4, 0.5) is 0 Å². The normalized spacial score (nSPS) is 13.7. The molecule has 1 aliphatic heterocycles. The van der Waals surface area contributed by atoms with E-state index in [1.165, 1.54) is 21.3 Å². The standard InChI is InChI=1S/C32H34N2O7/c1-37-26-20-23(21-27(38-2)30(26)39-3)32(36)34-17-15-33(16-18-34)14-9-19-40-31-28(35)24-12-7-8-13-25(24)41-29(31)22-10-5-4-6-11-22/h4-8,10-13,20-21H,9,14-19H2,1-3H3. The Kier molecular flexibility index (Phi) is 8.74. The van der Waals surface area contributed by atoms with E-state index in [9.17, 15) is 9.59 Å². The summed E-state index contributed by atoms with van der Waals surface area (Å²) in [5.74, 6) is 1.94. The molecule has 5 rings (SSSR count). The van der Waals surface area contributed by atoms with Gasteiger partial charge in [0.15, 0.2) is 17.3 Å². The van der Waals surface area contributed by atoms with Gasteiger partial charge in [0.2, 0.25) is 16.9 Å². The number of fused-ring (bicyclic) bond motifs is 1. The lowest BCUT2D eigenvalue weighted by Crippen LogP contribution is -2.49. The average Bonchev–Trinajstić information content (AvgIpc) is 3.03. The summed E-state index contributed by atoms with van der Waals surface area (Å²) in [5, 5.41) is 0.495. The summed E-state index contributed by atoms with van der Waals surface area (Å²) in [6.07, 6.45) is 0.724. The molecule has 0 saturated carbocycles. The molecule has 0 radical (unpaired) electrons. The van der Waals surface area contributed by atoms with Gasteiger partial charge in [0.1, 0.15) is 5.58 Å². The van der Waals surface area contributed by atoms with E-state index in [-0.39, 0.29) is 17.1 Å². The van der Waals surface area contributed by atoms with Gasteiger partial charge in [-0.1, -0.05) is 42.5 Å². The molecule has 4 aromatic rings. The second kappa shape index (κ2) is 12.8. The van der Waals surface area contributed by atoms with Gasteiger partial charge in [0.05, 0.1) is 33.3 Å². The largest absolute Gasteiger partial charge is 0.493 e. The van der Waals surface area contributed by atoms with Crippen LogP contribution in [0.15, 0.2) is 75.9 Å². The van der Waals surface area contributed by atoms with Crippen LogP contribution in [0.25, 0.3) is 22.3 Å². The minimum Gasteiger partial charge on any atom is -0.493 e. The molecule has 1 saturated heterocycles. The van der Waals surface area contributed by atoms with E-state index in [1.54, 1.807) is 24.3 Å². The molecule has 214 valence electrons. The van der Waals surface area contributed by atoms with Crippen LogP contribution < -0.4 is 24.4 Å². The van der Waals surface area contributed by atoms with Crippen molar-refractivity contribution in [2.75, 3.05) is 60.7 Å². The van der Waals surface area contributed by atoms with Crippen molar-refractivity contribution in [3.63, 3.8) is 0 Å². The summed E-state index contributed by atoms with van der Waals surface area (Å²) < 4.78 is 28.4. The molecule has 0 unspecified atom stereocenters. The third-order valence-corrected chi connectivity index (χ3v) is 7.23. The number of benzene rings is 3. The van der Waals surface area contributed by atoms with Crippen LogP contribution >= 0.6 is 0 Å². The number of para-hydroxylation sites is 1. The van der Waals surface area contributed by atoms with E-state index in [1.807, 2.05) is 47.4 Å². The maximum Gasteiger partial charge on any atom is 0.254 e. The van der Waals surface area contributed by atoms with Crippen molar-refractivity contribution in [1.29, 1.82) is 0 Å². The molecule has 2 heterocycles. The van der Waals surface area contributed by atoms with Crippen molar-refractivity contribution >= 4 is 16.9 Å². The van der Waals surface area contributed by atoms with Gasteiger partial charge in [-0.25, -0.2) is 0 Å². The summed E-state index contributed by atoms with van der Waals surface area (Å²) in [5.41, 5.74) is 1.63. The van der Waals surface area contributed by atoms with E-state index >= 15 is 0 Å². The minimum absolute atomic E-state index is 0.0799. The molecule has 41 heavy (non-hydrogen) atoms. The Hall–Kier alpha value is -4.50. The first-order valence-corrected chi connectivity index (χ1v) is 13.6. The number of hydrogen-bond donors (Lipinski definition) is 0. The number of piperazine rings is 1. The molecule has 1 aromatic heterocycles. The first kappa shape index (κ1) is 28.0. The second-order valence-electron chi connectivity index (χ2n) is 9.70. The van der Waals surface area contributed by atoms with Crippen molar-refractivity contribution in [2.24, 2.45) is 0 Å². The highest BCUT2D eigenvalue weighted by atomic mass is 16.5. The van der Waals surface area contributed by atoms with Gasteiger partial charge in [0, 0.05) is 43.9 Å². The predicted molar refractivity (Wildman–Crippen MR) is 156 cm³/mol. The second-order valence-corrected chi connectivity index (χ2v) is 9.70. The first-order valence-electron chi connectivity index (χ1n) is 13.6. The number of methoxy groups -OCH3 is 3. The molecule has 9 heteroatoms. The zero-order valence-electron chi connectivity index (χ0n) is 23.6. The number of ether oxygens (including phenoxy) is 4. The number of hydrogen-bond acceptors (Lipinski definition) is 8. The highest BCUT2D eigenvalue weighted by molar-refractivity contribution is 5.95. The molecule has 3 aromatic carbocycles. The summed E-state index contributed by atoms with van der Waals surface area (Å²) in [6, 6.07) is 20.1. The summed E-state index contributed by atoms with van der Waals surface area (Å²) in [7, 11) is 4.59. The monoisotopic (exact) mass is 558 g/mol. The fraction of sp³-hybridized carbons (Fsp3) is 0.312. The maximum atomic E-state index is 13.3. The molecule has 0 spiro atoms. The van der Waals surface area contributed by atoms with Crippen LogP contribution in [0.2, 0.25) is 0 Å². The lowest BCUT2D eigenvalue weighted by Gasteiger charge is -2.34. The molecule has 0 atom stereocenters. The molecule has 1 amide bonds. The number of nitrogens with zero attached hydrogens (tertiary/aromatic N) is 2. The molecule has 9 nitrogen and oxygen atoms in total. The third-order valence-electron chi connectivity index (χ3n) is 7.23. The Balaban J connectivity index is 1.19. The molecular formula is C32H34N2O7. The number of amides is 1. The average molecular weight is 559 g/mol. The van der Waals surface area contributed by atoms with Crippen LogP contribution in [-0.2, 0) is 0 Å². The van der Waals surface area contributed by atoms with E-state index in [0.29, 0.717) is 59.2 Å². The maximum absolute atomic E-state index is 13.3. The Morgan fingerprint density at radius 3 is 2.15 bits per heavy atom. The van der Waals surface area contributed by atoms with Crippen molar-refractivity contribution in [1.82, 2.24) is 9.80 Å². The topological polar surface area (TPSA) is 90.7 Å². The van der Waals surface area contributed by atoms with Crippen LogP contribution in [0.3, 0.4) is 0 Å². The Bertz CT molecular complexity index is 1530. The molecular weight excluding hydrogens is 524 g/mol.